The van der Waals surface area contributed by atoms with Crippen LogP contribution in [0.5, 0.6) is 11.5 Å². The molecule has 170 valence electrons. The monoisotopic (exact) mass is 451 g/mol. The SMILES string of the molecule is CC(=O)N1CC(C(=O)N(C)CC(=O)Nc2ccc(OC(F)(F)F)cc2)Oc2ccccc21. The standard InChI is InChI=1S/C21H20F3N3O5/c1-13(28)27-11-18(31-17-6-4-3-5-16(17)27)20(30)26(2)12-19(29)25-14-7-9-15(10-8-14)32-21(22,23)24/h3-10,18H,11-12H2,1-2H3,(H,25,29). The third kappa shape index (κ3) is 5.68. The number of nitrogens with zero attached hydrogens (tertiary/aromatic N) is 2. The molecule has 11 heteroatoms. The number of alkyl halides is 3. The van der Waals surface area contributed by atoms with Gasteiger partial charge in [-0.05, 0) is 36.4 Å². The first kappa shape index (κ1) is 22.9. The molecule has 1 aliphatic heterocycles. The zero-order valence-electron chi connectivity index (χ0n) is 17.2. The van der Waals surface area contributed by atoms with Crippen LogP contribution in [0, 0.1) is 0 Å². The van der Waals surface area contributed by atoms with E-state index in [9.17, 15) is 27.6 Å². The van der Waals surface area contributed by atoms with Crippen LogP contribution in [0.25, 0.3) is 0 Å². The van der Waals surface area contributed by atoms with E-state index < -0.39 is 30.0 Å². The van der Waals surface area contributed by atoms with Gasteiger partial charge in [0.25, 0.3) is 5.91 Å². The maximum atomic E-state index is 12.8. The lowest BCUT2D eigenvalue weighted by Gasteiger charge is -2.35. The fourth-order valence-corrected chi connectivity index (χ4v) is 3.14. The molecule has 32 heavy (non-hydrogen) atoms. The zero-order valence-corrected chi connectivity index (χ0v) is 17.2. The number of nitrogens with one attached hydrogen (secondary N) is 1. The molecule has 2 aromatic carbocycles. The second-order valence-electron chi connectivity index (χ2n) is 7.02. The number of fused-ring (bicyclic) bond motifs is 1. The van der Waals surface area contributed by atoms with Gasteiger partial charge in [0.2, 0.25) is 11.8 Å². The average molecular weight is 451 g/mol. The summed E-state index contributed by atoms with van der Waals surface area (Å²) in [7, 11) is 1.41. The highest BCUT2D eigenvalue weighted by Gasteiger charge is 2.34. The maximum Gasteiger partial charge on any atom is 0.573 e. The lowest BCUT2D eigenvalue weighted by molar-refractivity contribution is -0.274. The Labute approximate surface area is 181 Å². The Hall–Kier alpha value is -3.76. The largest absolute Gasteiger partial charge is 0.573 e. The Morgan fingerprint density at radius 3 is 2.44 bits per heavy atom. The van der Waals surface area contributed by atoms with Crippen molar-refractivity contribution in [1.82, 2.24) is 4.90 Å². The summed E-state index contributed by atoms with van der Waals surface area (Å²) in [6.45, 7) is 1.05. The first-order valence-electron chi connectivity index (χ1n) is 9.48. The molecule has 0 aromatic heterocycles. The molecule has 8 nitrogen and oxygen atoms in total. The molecular weight excluding hydrogens is 431 g/mol. The minimum absolute atomic E-state index is 0.00218. The van der Waals surface area contributed by atoms with E-state index >= 15 is 0 Å². The number of hydrogen-bond donors (Lipinski definition) is 1. The summed E-state index contributed by atoms with van der Waals surface area (Å²) >= 11 is 0. The minimum atomic E-state index is -4.81. The number of para-hydroxylation sites is 2. The Morgan fingerprint density at radius 2 is 1.81 bits per heavy atom. The van der Waals surface area contributed by atoms with Crippen molar-refractivity contribution in [2.75, 3.05) is 30.4 Å². The molecule has 0 radical (unpaired) electrons. The molecule has 0 saturated carbocycles. The molecule has 3 rings (SSSR count). The number of carbonyl (C=O) groups is 3. The summed E-state index contributed by atoms with van der Waals surface area (Å²) < 4.78 is 46.1. The number of benzene rings is 2. The van der Waals surface area contributed by atoms with Crippen molar-refractivity contribution in [2.45, 2.75) is 19.4 Å². The summed E-state index contributed by atoms with van der Waals surface area (Å²) in [5.74, 6) is -1.37. The molecule has 2 aromatic rings. The van der Waals surface area contributed by atoms with Crippen molar-refractivity contribution in [3.05, 3.63) is 48.5 Å². The molecule has 0 fully saturated rings. The Morgan fingerprint density at radius 1 is 1.16 bits per heavy atom. The molecule has 1 aliphatic rings. The molecule has 0 bridgehead atoms. The van der Waals surface area contributed by atoms with Crippen LogP contribution in [0.4, 0.5) is 24.5 Å². The van der Waals surface area contributed by atoms with Crippen LogP contribution in [0.1, 0.15) is 6.92 Å². The molecule has 0 saturated heterocycles. The van der Waals surface area contributed by atoms with E-state index in [2.05, 4.69) is 10.1 Å². The van der Waals surface area contributed by atoms with E-state index in [1.807, 2.05) is 0 Å². The summed E-state index contributed by atoms with van der Waals surface area (Å²) in [6.07, 6.45) is -5.81. The molecular formula is C21H20F3N3O5. The molecule has 1 unspecified atom stereocenters. The van der Waals surface area contributed by atoms with Crippen molar-refractivity contribution < 1.29 is 37.0 Å². The molecule has 1 atom stereocenters. The topological polar surface area (TPSA) is 88.2 Å². The molecule has 0 aliphatic carbocycles. The Bertz CT molecular complexity index is 1010. The number of halogens is 3. The molecule has 3 amide bonds. The van der Waals surface area contributed by atoms with Crippen LogP contribution in [-0.4, -0.2) is 55.2 Å². The van der Waals surface area contributed by atoms with Crippen LogP contribution in [0.3, 0.4) is 0 Å². The van der Waals surface area contributed by atoms with Crippen molar-refractivity contribution in [3.8, 4) is 11.5 Å². The van der Waals surface area contributed by atoms with Gasteiger partial charge in [0, 0.05) is 19.7 Å². The lowest BCUT2D eigenvalue weighted by atomic mass is 10.1. The van der Waals surface area contributed by atoms with Crippen molar-refractivity contribution in [3.63, 3.8) is 0 Å². The van der Waals surface area contributed by atoms with E-state index in [-0.39, 0.29) is 24.7 Å². The van der Waals surface area contributed by atoms with Gasteiger partial charge in [0.1, 0.15) is 11.5 Å². The van der Waals surface area contributed by atoms with Crippen LogP contribution >= 0.6 is 0 Å². The van der Waals surface area contributed by atoms with Crippen molar-refractivity contribution >= 4 is 29.1 Å². The predicted molar refractivity (Wildman–Crippen MR) is 108 cm³/mol. The quantitative estimate of drug-likeness (QED) is 0.756. The van der Waals surface area contributed by atoms with Gasteiger partial charge in [0.15, 0.2) is 6.10 Å². The summed E-state index contributed by atoms with van der Waals surface area (Å²) in [6, 6.07) is 11.4. The second-order valence-corrected chi connectivity index (χ2v) is 7.02. The average Bonchev–Trinajstić information content (AvgIpc) is 2.72. The summed E-state index contributed by atoms with van der Waals surface area (Å²) in [5.41, 5.74) is 0.790. The third-order valence-corrected chi connectivity index (χ3v) is 4.56. The first-order chi connectivity index (χ1) is 15.0. The molecule has 0 spiro atoms. The van der Waals surface area contributed by atoms with Crippen LogP contribution in [-0.2, 0) is 14.4 Å². The van der Waals surface area contributed by atoms with Crippen molar-refractivity contribution in [2.24, 2.45) is 0 Å². The van der Waals surface area contributed by atoms with Gasteiger partial charge in [-0.25, -0.2) is 0 Å². The van der Waals surface area contributed by atoms with Gasteiger partial charge in [0.05, 0.1) is 18.8 Å². The predicted octanol–water partition coefficient (Wildman–Crippen LogP) is 2.80. The van der Waals surface area contributed by atoms with Gasteiger partial charge in [-0.1, -0.05) is 12.1 Å². The Kier molecular flexibility index (Phi) is 6.56. The maximum absolute atomic E-state index is 12.8. The van der Waals surface area contributed by atoms with Crippen LogP contribution < -0.4 is 19.7 Å². The highest BCUT2D eigenvalue weighted by Crippen LogP contribution is 2.33. The highest BCUT2D eigenvalue weighted by molar-refractivity contribution is 5.97. The van der Waals surface area contributed by atoms with E-state index in [1.54, 1.807) is 24.3 Å². The summed E-state index contributed by atoms with van der Waals surface area (Å²) in [5, 5.41) is 2.49. The van der Waals surface area contributed by atoms with E-state index in [0.29, 0.717) is 11.4 Å². The third-order valence-electron chi connectivity index (χ3n) is 4.56. The van der Waals surface area contributed by atoms with Gasteiger partial charge >= 0.3 is 6.36 Å². The number of ether oxygens (including phenoxy) is 2. The molecule has 1 N–H and O–H groups in total. The highest BCUT2D eigenvalue weighted by atomic mass is 19.4. The number of rotatable bonds is 5. The number of hydrogen-bond acceptors (Lipinski definition) is 5. The van der Waals surface area contributed by atoms with Gasteiger partial charge < -0.3 is 24.6 Å². The van der Waals surface area contributed by atoms with E-state index in [4.69, 9.17) is 4.74 Å². The fraction of sp³-hybridized carbons (Fsp3) is 0.286. The zero-order chi connectivity index (χ0) is 23.5. The van der Waals surface area contributed by atoms with Gasteiger partial charge in [-0.2, -0.15) is 0 Å². The number of anilines is 2. The van der Waals surface area contributed by atoms with Crippen LogP contribution in [0.15, 0.2) is 48.5 Å². The number of likely N-dealkylation sites (N-methyl/N-ethyl adjacent to an activating group) is 1. The van der Waals surface area contributed by atoms with Crippen molar-refractivity contribution in [1.29, 1.82) is 0 Å². The lowest BCUT2D eigenvalue weighted by Crippen LogP contribution is -2.51. The Balaban J connectivity index is 1.59. The smallest absolute Gasteiger partial charge is 0.476 e. The fourth-order valence-electron chi connectivity index (χ4n) is 3.14. The van der Waals surface area contributed by atoms with E-state index in [0.717, 1.165) is 17.0 Å². The van der Waals surface area contributed by atoms with Gasteiger partial charge in [-0.15, -0.1) is 13.2 Å². The number of carbonyl (C=O) groups excluding carboxylic acids is 3. The van der Waals surface area contributed by atoms with Gasteiger partial charge in [-0.3, -0.25) is 14.4 Å². The minimum Gasteiger partial charge on any atom is -0.476 e. The number of amides is 3. The second kappa shape index (κ2) is 9.16. The van der Waals surface area contributed by atoms with E-state index in [1.165, 1.54) is 31.0 Å². The summed E-state index contributed by atoms with van der Waals surface area (Å²) in [4.78, 5) is 39.6. The first-order valence-corrected chi connectivity index (χ1v) is 9.48. The normalized spacial score (nSPS) is 15.3. The molecule has 1 heterocycles. The van der Waals surface area contributed by atoms with Crippen LogP contribution in [0.2, 0.25) is 0 Å².